The van der Waals surface area contributed by atoms with Crippen LogP contribution in [0.4, 0.5) is 5.82 Å². The minimum absolute atomic E-state index is 0.0284. The molecule has 0 spiro atoms. The number of likely N-dealkylation sites (N-methyl/N-ethyl adjacent to an activating group) is 1. The molecule has 3 aromatic rings. The lowest BCUT2D eigenvalue weighted by Crippen LogP contribution is -2.17. The van der Waals surface area contributed by atoms with Gasteiger partial charge < -0.3 is 20.6 Å². The van der Waals surface area contributed by atoms with Crippen LogP contribution < -0.4 is 11.1 Å². The number of thioether (sulfide) groups is 1. The molecule has 0 aliphatic carbocycles. The summed E-state index contributed by atoms with van der Waals surface area (Å²) < 4.78 is 5.48. The highest BCUT2D eigenvalue weighted by Crippen LogP contribution is 2.36. The zero-order valence-electron chi connectivity index (χ0n) is 19.4. The van der Waals surface area contributed by atoms with Crippen LogP contribution in [0.1, 0.15) is 29.3 Å². The van der Waals surface area contributed by atoms with Gasteiger partial charge in [-0.2, -0.15) is 0 Å². The highest BCUT2D eigenvalue weighted by atomic mass is 32.2. The second kappa shape index (κ2) is 10.1. The summed E-state index contributed by atoms with van der Waals surface area (Å²) in [6.45, 7) is 2.52. The van der Waals surface area contributed by atoms with Gasteiger partial charge in [0.2, 0.25) is 0 Å². The zero-order valence-corrected chi connectivity index (χ0v) is 20.2. The van der Waals surface area contributed by atoms with E-state index in [1.54, 1.807) is 6.20 Å². The molecule has 0 radical (unpaired) electrons. The van der Waals surface area contributed by atoms with Crippen molar-refractivity contribution in [3.63, 3.8) is 0 Å². The molecule has 2 unspecified atom stereocenters. The van der Waals surface area contributed by atoms with Crippen LogP contribution in [0.15, 0.2) is 65.7 Å². The smallest absolute Gasteiger partial charge is 0.174 e. The number of nitrogens with one attached hydrogen (secondary N) is 1. The fourth-order valence-electron chi connectivity index (χ4n) is 4.18. The Morgan fingerprint density at radius 2 is 1.94 bits per heavy atom. The average Bonchev–Trinajstić information content (AvgIpc) is 3.50. The van der Waals surface area contributed by atoms with Gasteiger partial charge in [-0.3, -0.25) is 0 Å². The summed E-state index contributed by atoms with van der Waals surface area (Å²) in [5.41, 5.74) is 10.9. The van der Waals surface area contributed by atoms with E-state index >= 15 is 0 Å². The molecule has 1 aromatic heterocycles. The van der Waals surface area contributed by atoms with Crippen LogP contribution in [0.25, 0.3) is 17.0 Å². The summed E-state index contributed by atoms with van der Waals surface area (Å²) in [7, 11) is 3.86. The van der Waals surface area contributed by atoms with Crippen LogP contribution in [0, 0.1) is 0 Å². The Labute approximate surface area is 204 Å². The van der Waals surface area contributed by atoms with E-state index in [1.165, 1.54) is 10.5 Å². The number of nitrogen functional groups attached to an aromatic ring is 1. The first-order valence-electron chi connectivity index (χ1n) is 11.4. The van der Waals surface area contributed by atoms with Crippen LogP contribution in [0.5, 0.6) is 0 Å². The minimum Gasteiger partial charge on any atom is -0.403 e. The van der Waals surface area contributed by atoms with E-state index in [0.717, 1.165) is 43.0 Å². The summed E-state index contributed by atoms with van der Waals surface area (Å²) >= 11 is 1.86. The minimum atomic E-state index is -0.0284. The molecule has 1 saturated heterocycles. The van der Waals surface area contributed by atoms with E-state index in [2.05, 4.69) is 58.8 Å². The normalized spacial score (nSPS) is 20.4. The lowest BCUT2D eigenvalue weighted by atomic mass is 10.0. The first-order chi connectivity index (χ1) is 16.6. The van der Waals surface area contributed by atoms with E-state index in [-0.39, 0.29) is 6.04 Å². The summed E-state index contributed by atoms with van der Waals surface area (Å²) in [6.07, 6.45) is 4.85. The van der Waals surface area contributed by atoms with Crippen molar-refractivity contribution in [1.29, 1.82) is 0 Å². The Morgan fingerprint density at radius 3 is 2.65 bits per heavy atom. The second-order valence-corrected chi connectivity index (χ2v) is 9.88. The predicted molar refractivity (Wildman–Crippen MR) is 136 cm³/mol. The number of aromatic nitrogens is 2. The van der Waals surface area contributed by atoms with Crippen molar-refractivity contribution in [3.05, 3.63) is 77.6 Å². The zero-order chi connectivity index (χ0) is 23.5. The molecule has 34 heavy (non-hydrogen) atoms. The van der Waals surface area contributed by atoms with Crippen LogP contribution in [0.3, 0.4) is 0 Å². The molecule has 0 bridgehead atoms. The third-order valence-corrected chi connectivity index (χ3v) is 7.27. The Morgan fingerprint density at radius 1 is 1.15 bits per heavy atom. The van der Waals surface area contributed by atoms with E-state index in [0.29, 0.717) is 22.5 Å². The molecule has 8 heteroatoms. The average molecular weight is 476 g/mol. The van der Waals surface area contributed by atoms with E-state index < -0.39 is 0 Å². The van der Waals surface area contributed by atoms with Gasteiger partial charge in [-0.25, -0.2) is 9.97 Å². The number of nitrogens with zero attached hydrogens (tertiary/aromatic N) is 3. The van der Waals surface area contributed by atoms with Gasteiger partial charge in [-0.1, -0.05) is 36.4 Å². The third-order valence-electron chi connectivity index (χ3n) is 6.02. The largest absolute Gasteiger partial charge is 0.403 e. The number of hydrogen-bond donors (Lipinski definition) is 2. The Balaban J connectivity index is 1.36. The van der Waals surface area contributed by atoms with Crippen molar-refractivity contribution in [2.75, 3.05) is 33.0 Å². The number of hydroxylamine groups is 2. The Hall–Kier alpha value is -2.91. The predicted octanol–water partition coefficient (Wildman–Crippen LogP) is 4.29. The van der Waals surface area contributed by atoms with Crippen LogP contribution >= 0.6 is 11.8 Å². The van der Waals surface area contributed by atoms with E-state index in [9.17, 15) is 0 Å². The molecule has 0 saturated carbocycles. The monoisotopic (exact) mass is 475 g/mol. The van der Waals surface area contributed by atoms with Crippen molar-refractivity contribution in [3.8, 4) is 11.3 Å². The van der Waals surface area contributed by atoms with Gasteiger partial charge in [-0.15, -0.1) is 16.8 Å². The molecule has 7 nitrogen and oxygen atoms in total. The van der Waals surface area contributed by atoms with Crippen LogP contribution in [-0.4, -0.2) is 47.6 Å². The van der Waals surface area contributed by atoms with Crippen molar-refractivity contribution in [2.24, 2.45) is 0 Å². The number of rotatable bonds is 7. The molecule has 3 N–H and O–H groups in total. The van der Waals surface area contributed by atoms with Gasteiger partial charge in [0.25, 0.3) is 0 Å². The molecule has 176 valence electrons. The maximum Gasteiger partial charge on any atom is 0.174 e. The molecule has 0 amide bonds. The van der Waals surface area contributed by atoms with E-state index in [1.807, 2.05) is 37.0 Å². The molecule has 5 rings (SSSR count). The summed E-state index contributed by atoms with van der Waals surface area (Å²) in [5, 5.41) is 5.52. The van der Waals surface area contributed by atoms with Gasteiger partial charge >= 0.3 is 0 Å². The van der Waals surface area contributed by atoms with Gasteiger partial charge in [0, 0.05) is 35.9 Å². The van der Waals surface area contributed by atoms with Gasteiger partial charge in [0.1, 0.15) is 0 Å². The Bertz CT molecular complexity index is 1160. The molecular formula is C26H29N5O2S. The van der Waals surface area contributed by atoms with Gasteiger partial charge in [0.15, 0.2) is 17.3 Å². The maximum atomic E-state index is 6.21. The van der Waals surface area contributed by atoms with Crippen molar-refractivity contribution in [1.82, 2.24) is 20.3 Å². The van der Waals surface area contributed by atoms with Gasteiger partial charge in [0.05, 0.1) is 24.5 Å². The van der Waals surface area contributed by atoms with Crippen LogP contribution in [-0.2, 0) is 16.1 Å². The fraction of sp³-hybridized carbons (Fsp3) is 0.308. The van der Waals surface area contributed by atoms with Crippen molar-refractivity contribution < 1.29 is 9.57 Å². The number of nitrogens with two attached hydrogens (primary N) is 1. The maximum absolute atomic E-state index is 6.21. The van der Waals surface area contributed by atoms with Gasteiger partial charge in [-0.05, 0) is 42.8 Å². The number of benzene rings is 2. The molecule has 1 fully saturated rings. The third kappa shape index (κ3) is 4.95. The van der Waals surface area contributed by atoms with Crippen molar-refractivity contribution in [2.45, 2.75) is 29.2 Å². The number of ether oxygens (including phenoxy) is 1. The summed E-state index contributed by atoms with van der Waals surface area (Å²) in [5.74, 6) is 0.967. The topological polar surface area (TPSA) is 85.5 Å². The molecule has 2 aromatic carbocycles. The molecule has 2 atom stereocenters. The standard InChI is InChI=1S/C26H29N5O2S/c1-28-14-17-3-5-19(6-4-17)23-13-24(33-31(23)2)25-26(27)29-15-22(30-25)18-7-9-20(10-8-18)34-21-11-12-32-16-21/h3-10,13,15,21,23,28H,11-12,14,16H2,1-2H3,(H2,27,29). The second-order valence-electron chi connectivity index (χ2n) is 8.50. The Kier molecular flexibility index (Phi) is 6.82. The lowest BCUT2D eigenvalue weighted by molar-refractivity contribution is -0.0666. The number of hydrogen-bond acceptors (Lipinski definition) is 8. The first kappa shape index (κ1) is 22.9. The highest BCUT2D eigenvalue weighted by Gasteiger charge is 2.28. The molecule has 3 heterocycles. The first-order valence-corrected chi connectivity index (χ1v) is 12.3. The quantitative estimate of drug-likeness (QED) is 0.524. The SMILES string of the molecule is CNCc1ccc(C2C=C(c3nc(-c4ccc(SC5CCOC5)cc4)cnc3N)ON2C)cc1. The summed E-state index contributed by atoms with van der Waals surface area (Å²) in [4.78, 5) is 16.5. The summed E-state index contributed by atoms with van der Waals surface area (Å²) in [6, 6.07) is 16.9. The van der Waals surface area contributed by atoms with Crippen LogP contribution in [0.2, 0.25) is 0 Å². The molecular weight excluding hydrogens is 446 g/mol. The molecule has 2 aliphatic rings. The van der Waals surface area contributed by atoms with E-state index in [4.69, 9.17) is 20.3 Å². The molecule has 2 aliphatic heterocycles. The highest BCUT2D eigenvalue weighted by molar-refractivity contribution is 8.00. The lowest BCUT2D eigenvalue weighted by Gasteiger charge is -2.18. The fourth-order valence-corrected chi connectivity index (χ4v) is 5.23. The number of anilines is 1. The van der Waals surface area contributed by atoms with Crippen molar-refractivity contribution >= 4 is 23.3 Å².